The van der Waals surface area contributed by atoms with Crippen LogP contribution in [-0.4, -0.2) is 23.1 Å². The number of hydrogen-bond donors (Lipinski definition) is 2. The number of anilines is 2. The fraction of sp³-hybridized carbons (Fsp3) is 0.0769. The average molecular weight is 342 g/mol. The van der Waals surface area contributed by atoms with Gasteiger partial charge in [0.15, 0.2) is 5.75 Å². The second-order valence-electron chi connectivity index (χ2n) is 4.43. The van der Waals surface area contributed by atoms with Gasteiger partial charge in [0.25, 0.3) is 10.0 Å². The Bertz CT molecular complexity index is 892. The molecular weight excluding hydrogens is 328 g/mol. The maximum atomic E-state index is 12.3. The second-order valence-corrected chi connectivity index (χ2v) is 7.65. The molecule has 0 radical (unpaired) electrons. The smallest absolute Gasteiger partial charge is 0.306 e. The molecule has 9 heteroatoms. The van der Waals surface area contributed by atoms with Crippen molar-refractivity contribution in [2.45, 2.75) is 4.90 Å². The predicted molar refractivity (Wildman–Crippen MR) is 83.6 cm³/mol. The number of para-hydroxylation sites is 3. The molecule has 0 aliphatic carbocycles. The van der Waals surface area contributed by atoms with Crippen molar-refractivity contribution in [3.63, 3.8) is 0 Å². The van der Waals surface area contributed by atoms with Crippen molar-refractivity contribution in [1.29, 1.82) is 0 Å². The summed E-state index contributed by atoms with van der Waals surface area (Å²) in [5, 5.41) is 0. The van der Waals surface area contributed by atoms with Crippen molar-refractivity contribution >= 4 is 31.5 Å². The Labute approximate surface area is 128 Å². The van der Waals surface area contributed by atoms with Gasteiger partial charge in [-0.25, -0.2) is 8.42 Å². The van der Waals surface area contributed by atoms with Gasteiger partial charge in [0.2, 0.25) is 0 Å². The summed E-state index contributed by atoms with van der Waals surface area (Å²) in [6.07, 6.45) is 0.869. The van der Waals surface area contributed by atoms with Gasteiger partial charge >= 0.3 is 10.1 Å². The Morgan fingerprint density at radius 3 is 2.18 bits per heavy atom. The van der Waals surface area contributed by atoms with Gasteiger partial charge in [-0.2, -0.15) is 8.42 Å². The Morgan fingerprint density at radius 2 is 1.55 bits per heavy atom. The van der Waals surface area contributed by atoms with Crippen molar-refractivity contribution in [3.05, 3.63) is 48.5 Å². The van der Waals surface area contributed by atoms with Crippen LogP contribution in [0.5, 0.6) is 5.75 Å². The first-order valence-corrected chi connectivity index (χ1v) is 9.35. The second kappa shape index (κ2) is 5.85. The molecule has 2 aromatic carbocycles. The van der Waals surface area contributed by atoms with E-state index in [4.69, 9.17) is 9.92 Å². The molecule has 0 spiro atoms. The van der Waals surface area contributed by atoms with Crippen molar-refractivity contribution in [3.8, 4) is 5.75 Å². The average Bonchev–Trinajstić information content (AvgIpc) is 2.39. The Hall–Kier alpha value is -2.26. The third-order valence-corrected chi connectivity index (χ3v) is 4.50. The molecule has 0 unspecified atom stereocenters. The van der Waals surface area contributed by atoms with Gasteiger partial charge in [-0.05, 0) is 24.3 Å². The molecule has 0 heterocycles. The lowest BCUT2D eigenvalue weighted by atomic mass is 10.3. The highest BCUT2D eigenvalue weighted by atomic mass is 32.2. The molecule has 2 aromatic rings. The molecule has 0 atom stereocenters. The van der Waals surface area contributed by atoms with E-state index in [1.165, 1.54) is 36.4 Å². The summed E-state index contributed by atoms with van der Waals surface area (Å²) in [4.78, 5) is -0.107. The first-order valence-electron chi connectivity index (χ1n) is 6.05. The fourth-order valence-corrected chi connectivity index (χ4v) is 3.39. The van der Waals surface area contributed by atoms with Crippen LogP contribution in [0.3, 0.4) is 0 Å². The summed E-state index contributed by atoms with van der Waals surface area (Å²) in [5.74, 6) is -0.122. The number of rotatable bonds is 5. The molecule has 22 heavy (non-hydrogen) atoms. The van der Waals surface area contributed by atoms with Gasteiger partial charge in [-0.1, -0.05) is 24.3 Å². The maximum absolute atomic E-state index is 12.3. The summed E-state index contributed by atoms with van der Waals surface area (Å²) < 4.78 is 54.2. The monoisotopic (exact) mass is 342 g/mol. The van der Waals surface area contributed by atoms with Gasteiger partial charge in [-0.15, -0.1) is 0 Å². The Balaban J connectivity index is 2.41. The van der Waals surface area contributed by atoms with Crippen LogP contribution < -0.4 is 14.6 Å². The lowest BCUT2D eigenvalue weighted by Gasteiger charge is -2.13. The fourth-order valence-electron chi connectivity index (χ4n) is 1.71. The maximum Gasteiger partial charge on any atom is 0.306 e. The van der Waals surface area contributed by atoms with Gasteiger partial charge in [0, 0.05) is 0 Å². The van der Waals surface area contributed by atoms with E-state index in [0.717, 1.165) is 6.26 Å². The first kappa shape index (κ1) is 16.1. The number of benzene rings is 2. The number of nitrogen functional groups attached to an aromatic ring is 1. The summed E-state index contributed by atoms with van der Waals surface area (Å²) in [5.41, 5.74) is 5.73. The van der Waals surface area contributed by atoms with Crippen LogP contribution in [0.1, 0.15) is 0 Å². The SMILES string of the molecule is CS(=O)(=O)Oc1ccccc1NS(=O)(=O)c1ccccc1N. The number of hydrogen-bond acceptors (Lipinski definition) is 6. The molecule has 7 nitrogen and oxygen atoms in total. The summed E-state index contributed by atoms with van der Waals surface area (Å²) in [6, 6.07) is 11.7. The van der Waals surface area contributed by atoms with Crippen molar-refractivity contribution in [1.82, 2.24) is 0 Å². The van der Waals surface area contributed by atoms with Crippen LogP contribution in [0.15, 0.2) is 53.4 Å². The van der Waals surface area contributed by atoms with Gasteiger partial charge in [-0.3, -0.25) is 4.72 Å². The molecule has 0 aliphatic heterocycles. The zero-order valence-electron chi connectivity index (χ0n) is 11.6. The summed E-state index contributed by atoms with van der Waals surface area (Å²) >= 11 is 0. The highest BCUT2D eigenvalue weighted by Gasteiger charge is 2.19. The third-order valence-electron chi connectivity index (χ3n) is 2.58. The molecule has 0 aliphatic rings. The van der Waals surface area contributed by atoms with E-state index in [2.05, 4.69) is 4.72 Å². The lowest BCUT2D eigenvalue weighted by molar-refractivity contribution is 0.494. The Kier molecular flexibility index (Phi) is 4.29. The minimum Gasteiger partial charge on any atom is -0.398 e. The normalized spacial score (nSPS) is 11.9. The molecular formula is C13H14N2O5S2. The molecule has 0 amide bonds. The molecule has 0 aromatic heterocycles. The van der Waals surface area contributed by atoms with E-state index in [0.29, 0.717) is 0 Å². The van der Waals surface area contributed by atoms with Gasteiger partial charge < -0.3 is 9.92 Å². The standard InChI is InChI=1S/C13H14N2O5S2/c1-21(16,17)20-12-8-4-3-7-11(12)15-22(18,19)13-9-5-2-6-10(13)14/h2-9,15H,14H2,1H3. The van der Waals surface area contributed by atoms with Crippen LogP contribution in [0.2, 0.25) is 0 Å². The van der Waals surface area contributed by atoms with Crippen LogP contribution >= 0.6 is 0 Å². The van der Waals surface area contributed by atoms with E-state index >= 15 is 0 Å². The van der Waals surface area contributed by atoms with Crippen LogP contribution in [0, 0.1) is 0 Å². The van der Waals surface area contributed by atoms with Crippen LogP contribution in [0.25, 0.3) is 0 Å². The predicted octanol–water partition coefficient (Wildman–Crippen LogP) is 1.41. The minimum absolute atomic E-state index is 0.00354. The minimum atomic E-state index is -3.97. The van der Waals surface area contributed by atoms with E-state index in [-0.39, 0.29) is 22.0 Å². The summed E-state index contributed by atoms with van der Waals surface area (Å²) in [6.45, 7) is 0. The van der Waals surface area contributed by atoms with Crippen molar-refractivity contribution < 1.29 is 21.0 Å². The topological polar surface area (TPSA) is 116 Å². The first-order chi connectivity index (χ1) is 10.2. The third kappa shape index (κ3) is 3.89. The molecule has 2 rings (SSSR count). The van der Waals surface area contributed by atoms with E-state index in [9.17, 15) is 16.8 Å². The quantitative estimate of drug-likeness (QED) is 0.627. The zero-order chi connectivity index (χ0) is 16.4. The highest BCUT2D eigenvalue weighted by molar-refractivity contribution is 7.93. The highest BCUT2D eigenvalue weighted by Crippen LogP contribution is 2.28. The number of sulfonamides is 1. The van der Waals surface area contributed by atoms with Crippen LogP contribution in [-0.2, 0) is 20.1 Å². The molecule has 3 N–H and O–H groups in total. The van der Waals surface area contributed by atoms with E-state index in [1.807, 2.05) is 0 Å². The van der Waals surface area contributed by atoms with Crippen molar-refractivity contribution in [2.75, 3.05) is 16.7 Å². The van der Waals surface area contributed by atoms with E-state index in [1.54, 1.807) is 12.1 Å². The number of nitrogens with one attached hydrogen (secondary N) is 1. The zero-order valence-corrected chi connectivity index (χ0v) is 13.2. The lowest BCUT2D eigenvalue weighted by Crippen LogP contribution is -2.16. The number of nitrogens with two attached hydrogens (primary N) is 1. The largest absolute Gasteiger partial charge is 0.398 e. The molecule has 0 fully saturated rings. The molecule has 0 saturated heterocycles. The van der Waals surface area contributed by atoms with Crippen molar-refractivity contribution in [2.24, 2.45) is 0 Å². The summed E-state index contributed by atoms with van der Waals surface area (Å²) in [7, 11) is -7.76. The van der Waals surface area contributed by atoms with Crippen LogP contribution in [0.4, 0.5) is 11.4 Å². The Morgan fingerprint density at radius 1 is 0.955 bits per heavy atom. The van der Waals surface area contributed by atoms with Gasteiger partial charge in [0.05, 0.1) is 17.6 Å². The van der Waals surface area contributed by atoms with Gasteiger partial charge in [0.1, 0.15) is 4.90 Å². The molecule has 0 saturated carbocycles. The molecule has 118 valence electrons. The van der Waals surface area contributed by atoms with E-state index < -0.39 is 20.1 Å². The molecule has 0 bridgehead atoms.